The molecule has 19 heavy (non-hydrogen) atoms. The van der Waals surface area contributed by atoms with E-state index in [2.05, 4.69) is 28.8 Å². The monoisotopic (exact) mass is 283 g/mol. The molecule has 0 amide bonds. The number of ether oxygens (including phenoxy) is 1. The molecule has 1 fully saturated rings. The molecule has 0 aromatic carbocycles. The summed E-state index contributed by atoms with van der Waals surface area (Å²) in [7, 11) is 2.16. The molecular weight excluding hydrogens is 262 g/mol. The largest absolute Gasteiger partial charge is 0.476 e. The summed E-state index contributed by atoms with van der Waals surface area (Å²) in [5.41, 5.74) is 0. The zero-order valence-electron chi connectivity index (χ0n) is 11.7. The molecule has 1 aromatic rings. The molecule has 1 atom stereocenters. The Morgan fingerprint density at radius 1 is 1.42 bits per heavy atom. The third kappa shape index (κ3) is 4.32. The molecular formula is C14H22ClN3O. The average molecular weight is 284 g/mol. The lowest BCUT2D eigenvalue weighted by Gasteiger charge is -2.31. The Balaban J connectivity index is 1.94. The van der Waals surface area contributed by atoms with E-state index in [9.17, 15) is 0 Å². The van der Waals surface area contributed by atoms with E-state index in [4.69, 9.17) is 16.3 Å². The second-order valence-electron chi connectivity index (χ2n) is 5.14. The summed E-state index contributed by atoms with van der Waals surface area (Å²) >= 11 is 5.99. The predicted molar refractivity (Wildman–Crippen MR) is 76.8 cm³/mol. The maximum absolute atomic E-state index is 5.99. The third-order valence-electron chi connectivity index (χ3n) is 3.54. The first-order chi connectivity index (χ1) is 9.19. The van der Waals surface area contributed by atoms with Crippen LogP contribution in [0.2, 0.25) is 5.15 Å². The minimum Gasteiger partial charge on any atom is -0.476 e. The predicted octanol–water partition coefficient (Wildman–Crippen LogP) is 2.95. The molecule has 1 saturated heterocycles. The molecule has 0 radical (unpaired) electrons. The van der Waals surface area contributed by atoms with Gasteiger partial charge >= 0.3 is 0 Å². The lowest BCUT2D eigenvalue weighted by Crippen LogP contribution is -2.40. The number of hydrogen-bond acceptors (Lipinski definition) is 4. The van der Waals surface area contributed by atoms with Crippen molar-refractivity contribution in [2.75, 3.05) is 20.2 Å². The van der Waals surface area contributed by atoms with Crippen LogP contribution in [0, 0.1) is 0 Å². The molecule has 2 rings (SSSR count). The Labute approximate surface area is 120 Å². The normalized spacial score (nSPS) is 20.5. The molecule has 1 aliphatic rings. The topological polar surface area (TPSA) is 38.2 Å². The van der Waals surface area contributed by atoms with Crippen LogP contribution in [0.25, 0.3) is 0 Å². The highest BCUT2D eigenvalue weighted by Gasteiger charge is 2.19. The summed E-state index contributed by atoms with van der Waals surface area (Å²) in [5.74, 6) is 1.37. The highest BCUT2D eigenvalue weighted by Crippen LogP contribution is 2.18. The number of aryl methyl sites for hydroxylation is 1. The number of halogens is 1. The van der Waals surface area contributed by atoms with Gasteiger partial charge in [-0.15, -0.1) is 0 Å². The number of likely N-dealkylation sites (tertiary alicyclic amines) is 1. The average Bonchev–Trinajstić information content (AvgIpc) is 2.37. The van der Waals surface area contributed by atoms with E-state index in [1.807, 2.05) is 0 Å². The summed E-state index contributed by atoms with van der Waals surface area (Å²) < 4.78 is 5.81. The Hall–Kier alpha value is -0.870. The molecule has 0 saturated carbocycles. The summed E-state index contributed by atoms with van der Waals surface area (Å²) in [4.78, 5) is 11.0. The Kier molecular flexibility index (Phi) is 5.40. The summed E-state index contributed by atoms with van der Waals surface area (Å²) in [5, 5.41) is 0.463. The van der Waals surface area contributed by atoms with Gasteiger partial charge in [-0.1, -0.05) is 24.9 Å². The van der Waals surface area contributed by atoms with Gasteiger partial charge in [0.05, 0.1) is 0 Å². The van der Waals surface area contributed by atoms with Crippen LogP contribution in [0.15, 0.2) is 6.07 Å². The number of rotatable bonds is 5. The number of likely N-dealkylation sites (N-methyl/N-ethyl adjacent to an activating group) is 1. The van der Waals surface area contributed by atoms with Crippen molar-refractivity contribution in [3.8, 4) is 5.88 Å². The molecule has 5 heteroatoms. The van der Waals surface area contributed by atoms with Crippen LogP contribution in [0.1, 0.15) is 38.4 Å². The molecule has 1 aliphatic heterocycles. The van der Waals surface area contributed by atoms with E-state index in [0.717, 1.165) is 25.2 Å². The van der Waals surface area contributed by atoms with Gasteiger partial charge in [-0.3, -0.25) is 0 Å². The number of piperidine rings is 1. The molecule has 4 nitrogen and oxygen atoms in total. The van der Waals surface area contributed by atoms with E-state index >= 15 is 0 Å². The van der Waals surface area contributed by atoms with Crippen LogP contribution in [-0.2, 0) is 6.42 Å². The van der Waals surface area contributed by atoms with Crippen molar-refractivity contribution >= 4 is 11.6 Å². The van der Waals surface area contributed by atoms with E-state index < -0.39 is 0 Å². The van der Waals surface area contributed by atoms with Crippen LogP contribution in [-0.4, -0.2) is 41.1 Å². The summed E-state index contributed by atoms with van der Waals surface area (Å²) in [6.07, 6.45) is 5.60. The van der Waals surface area contributed by atoms with E-state index in [1.165, 1.54) is 19.3 Å². The van der Waals surface area contributed by atoms with Gasteiger partial charge in [0.15, 0.2) is 0 Å². The van der Waals surface area contributed by atoms with Crippen LogP contribution >= 0.6 is 11.6 Å². The van der Waals surface area contributed by atoms with Crippen molar-refractivity contribution in [2.45, 2.75) is 45.1 Å². The fraction of sp³-hybridized carbons (Fsp3) is 0.714. The minimum absolute atomic E-state index is 0.463. The van der Waals surface area contributed by atoms with Gasteiger partial charge in [0, 0.05) is 18.5 Å². The number of aromatic nitrogens is 2. The zero-order valence-corrected chi connectivity index (χ0v) is 12.5. The smallest absolute Gasteiger partial charge is 0.218 e. The minimum atomic E-state index is 0.463. The van der Waals surface area contributed by atoms with Crippen molar-refractivity contribution in [3.05, 3.63) is 17.0 Å². The first kappa shape index (κ1) is 14.5. The van der Waals surface area contributed by atoms with Gasteiger partial charge < -0.3 is 9.64 Å². The van der Waals surface area contributed by atoms with Gasteiger partial charge in [-0.2, -0.15) is 4.98 Å². The van der Waals surface area contributed by atoms with Gasteiger partial charge in [0.25, 0.3) is 0 Å². The van der Waals surface area contributed by atoms with Crippen LogP contribution < -0.4 is 4.74 Å². The zero-order chi connectivity index (χ0) is 13.7. The Morgan fingerprint density at radius 3 is 3.00 bits per heavy atom. The lowest BCUT2D eigenvalue weighted by molar-refractivity contribution is 0.122. The summed E-state index contributed by atoms with van der Waals surface area (Å²) in [6, 6.07) is 2.18. The molecule has 1 unspecified atom stereocenters. The third-order valence-corrected chi connectivity index (χ3v) is 3.73. The highest BCUT2D eigenvalue weighted by atomic mass is 35.5. The molecule has 0 spiro atoms. The fourth-order valence-corrected chi connectivity index (χ4v) is 2.58. The standard InChI is InChI=1S/C14H22ClN3O/c1-3-6-13-16-12(15)9-14(17-13)19-10-11-7-4-5-8-18(11)2/h9,11H,3-8,10H2,1-2H3. The van der Waals surface area contributed by atoms with Crippen molar-refractivity contribution in [3.63, 3.8) is 0 Å². The number of hydrogen-bond donors (Lipinski definition) is 0. The van der Waals surface area contributed by atoms with Crippen molar-refractivity contribution in [2.24, 2.45) is 0 Å². The molecule has 2 heterocycles. The lowest BCUT2D eigenvalue weighted by atomic mass is 10.0. The van der Waals surface area contributed by atoms with Gasteiger partial charge in [0.1, 0.15) is 17.6 Å². The molecule has 0 aliphatic carbocycles. The highest BCUT2D eigenvalue weighted by molar-refractivity contribution is 6.29. The van der Waals surface area contributed by atoms with E-state index in [-0.39, 0.29) is 0 Å². The fourth-order valence-electron chi connectivity index (χ4n) is 2.39. The van der Waals surface area contributed by atoms with E-state index in [1.54, 1.807) is 6.07 Å². The molecule has 106 valence electrons. The van der Waals surface area contributed by atoms with E-state index in [0.29, 0.717) is 23.7 Å². The Morgan fingerprint density at radius 2 is 2.26 bits per heavy atom. The first-order valence-electron chi connectivity index (χ1n) is 7.05. The number of nitrogens with zero attached hydrogens (tertiary/aromatic N) is 3. The quantitative estimate of drug-likeness (QED) is 0.779. The SMILES string of the molecule is CCCc1nc(Cl)cc(OCC2CCCCN2C)n1. The second kappa shape index (κ2) is 7.06. The van der Waals surface area contributed by atoms with Crippen molar-refractivity contribution < 1.29 is 4.74 Å². The molecule has 1 aromatic heterocycles. The molecule has 0 bridgehead atoms. The van der Waals surface area contributed by atoms with Gasteiger partial charge in [0.2, 0.25) is 5.88 Å². The van der Waals surface area contributed by atoms with Crippen molar-refractivity contribution in [1.82, 2.24) is 14.9 Å². The Bertz CT molecular complexity index is 414. The van der Waals surface area contributed by atoms with Crippen LogP contribution in [0.3, 0.4) is 0 Å². The molecule has 0 N–H and O–H groups in total. The van der Waals surface area contributed by atoms with Crippen molar-refractivity contribution in [1.29, 1.82) is 0 Å². The summed E-state index contributed by atoms with van der Waals surface area (Å²) in [6.45, 7) is 3.93. The second-order valence-corrected chi connectivity index (χ2v) is 5.52. The van der Waals surface area contributed by atoms with Gasteiger partial charge in [-0.05, 0) is 32.9 Å². The van der Waals surface area contributed by atoms with Crippen LogP contribution in [0.5, 0.6) is 5.88 Å². The van der Waals surface area contributed by atoms with Crippen LogP contribution in [0.4, 0.5) is 0 Å². The van der Waals surface area contributed by atoms with Gasteiger partial charge in [-0.25, -0.2) is 4.98 Å². The maximum Gasteiger partial charge on any atom is 0.218 e. The first-order valence-corrected chi connectivity index (χ1v) is 7.43. The maximum atomic E-state index is 5.99.